The minimum Gasteiger partial charge on any atom is -0.306 e. The van der Waals surface area contributed by atoms with Crippen molar-refractivity contribution >= 4 is 12.2 Å². The van der Waals surface area contributed by atoms with Gasteiger partial charge in [-0.05, 0) is 6.07 Å². The van der Waals surface area contributed by atoms with Gasteiger partial charge in [-0.3, -0.25) is 4.99 Å². The van der Waals surface area contributed by atoms with Crippen molar-refractivity contribution in [3.63, 3.8) is 0 Å². The topological polar surface area (TPSA) is 41.4 Å². The molecule has 0 aromatic carbocycles. The molecule has 0 bridgehead atoms. The lowest BCUT2D eigenvalue weighted by Crippen LogP contribution is -2.19. The highest BCUT2D eigenvalue weighted by Gasteiger charge is 2.08. The maximum atomic E-state index is 4.05. The van der Waals surface area contributed by atoms with Gasteiger partial charge in [-0.15, -0.1) is 0 Å². The summed E-state index contributed by atoms with van der Waals surface area (Å²) in [4.78, 5) is 13.7. The van der Waals surface area contributed by atoms with Crippen molar-refractivity contribution in [1.82, 2.24) is 9.97 Å². The van der Waals surface area contributed by atoms with Gasteiger partial charge in [-0.1, -0.05) is 0 Å². The Hall–Kier alpha value is -1.45. The van der Waals surface area contributed by atoms with Crippen LogP contribution in [0.25, 0.3) is 0 Å². The van der Waals surface area contributed by atoms with Crippen LogP contribution in [-0.4, -0.2) is 29.4 Å². The molecule has 0 saturated carbocycles. The van der Waals surface area contributed by atoms with E-state index in [0.29, 0.717) is 0 Å². The molecule has 0 fully saturated rings. The number of nitrogens with zero attached hydrogens (tertiary/aromatic N) is 4. The van der Waals surface area contributed by atoms with E-state index >= 15 is 0 Å². The predicted octanol–water partition coefficient (Wildman–Crippen LogP) is 0.202. The van der Waals surface area contributed by atoms with Gasteiger partial charge >= 0.3 is 0 Å². The van der Waals surface area contributed by atoms with Crippen LogP contribution in [0.1, 0.15) is 0 Å². The molecular formula is C7H7N4. The smallest absolute Gasteiger partial charge is 0.173 e. The molecule has 1 aromatic heterocycles. The Bertz CT molecular complexity index is 256. The SMILES string of the molecule is [C]1=NCCN1c1ccncn1. The Kier molecular flexibility index (Phi) is 1.51. The van der Waals surface area contributed by atoms with Crippen LogP contribution in [0, 0.1) is 0 Å². The van der Waals surface area contributed by atoms with Crippen LogP contribution >= 0.6 is 0 Å². The molecule has 1 aliphatic heterocycles. The summed E-state index contributed by atoms with van der Waals surface area (Å²) in [7, 11) is 0. The molecule has 11 heavy (non-hydrogen) atoms. The van der Waals surface area contributed by atoms with Gasteiger partial charge < -0.3 is 4.90 Å². The van der Waals surface area contributed by atoms with Gasteiger partial charge in [0.15, 0.2) is 6.34 Å². The summed E-state index contributed by atoms with van der Waals surface area (Å²) in [6.45, 7) is 1.68. The molecule has 0 amide bonds. The molecule has 0 atom stereocenters. The van der Waals surface area contributed by atoms with Crippen molar-refractivity contribution in [3.05, 3.63) is 18.6 Å². The first-order valence-electron chi connectivity index (χ1n) is 3.42. The van der Waals surface area contributed by atoms with Gasteiger partial charge in [0, 0.05) is 12.7 Å². The maximum absolute atomic E-state index is 4.05. The minimum absolute atomic E-state index is 0.810. The summed E-state index contributed by atoms with van der Waals surface area (Å²) in [5, 5.41) is 0. The van der Waals surface area contributed by atoms with Crippen molar-refractivity contribution in [2.45, 2.75) is 0 Å². The lowest BCUT2D eigenvalue weighted by atomic mass is 10.5. The monoisotopic (exact) mass is 147 g/mol. The summed E-state index contributed by atoms with van der Waals surface area (Å²) in [6, 6.07) is 1.84. The van der Waals surface area contributed by atoms with Gasteiger partial charge in [-0.2, -0.15) is 0 Å². The molecule has 0 aliphatic carbocycles. The number of hydrogen-bond donors (Lipinski definition) is 0. The van der Waals surface area contributed by atoms with Gasteiger partial charge in [-0.25, -0.2) is 9.97 Å². The van der Waals surface area contributed by atoms with Gasteiger partial charge in [0.1, 0.15) is 12.1 Å². The van der Waals surface area contributed by atoms with Crippen LogP contribution in [0.5, 0.6) is 0 Å². The van der Waals surface area contributed by atoms with Crippen LogP contribution in [0.4, 0.5) is 5.82 Å². The average Bonchev–Trinajstić information content (AvgIpc) is 2.58. The second-order valence-corrected chi connectivity index (χ2v) is 2.20. The van der Waals surface area contributed by atoms with Gasteiger partial charge in [0.2, 0.25) is 0 Å². The normalized spacial score (nSPS) is 15.8. The Morgan fingerprint density at radius 3 is 3.18 bits per heavy atom. The molecule has 2 heterocycles. The first-order chi connectivity index (χ1) is 5.47. The fourth-order valence-corrected chi connectivity index (χ4v) is 0.945. The first-order valence-corrected chi connectivity index (χ1v) is 3.42. The fourth-order valence-electron chi connectivity index (χ4n) is 0.945. The Morgan fingerprint density at radius 2 is 2.55 bits per heavy atom. The van der Waals surface area contributed by atoms with E-state index in [4.69, 9.17) is 0 Å². The summed E-state index contributed by atoms with van der Waals surface area (Å²) in [5.74, 6) is 0.862. The van der Waals surface area contributed by atoms with E-state index in [9.17, 15) is 0 Å². The molecule has 0 unspecified atom stereocenters. The number of anilines is 1. The van der Waals surface area contributed by atoms with Crippen LogP contribution < -0.4 is 4.90 Å². The highest BCUT2D eigenvalue weighted by Crippen LogP contribution is 2.07. The van der Waals surface area contributed by atoms with Crippen LogP contribution in [0.3, 0.4) is 0 Å². The largest absolute Gasteiger partial charge is 0.306 e. The number of hydrogen-bond acceptors (Lipinski definition) is 4. The highest BCUT2D eigenvalue weighted by molar-refractivity contribution is 5.78. The second-order valence-electron chi connectivity index (χ2n) is 2.20. The zero-order valence-corrected chi connectivity index (χ0v) is 5.94. The first kappa shape index (κ1) is 6.27. The summed E-state index contributed by atoms with van der Waals surface area (Å²) in [6.07, 6.45) is 6.07. The Morgan fingerprint density at radius 1 is 1.55 bits per heavy atom. The molecular weight excluding hydrogens is 140 g/mol. The second kappa shape index (κ2) is 2.65. The van der Waals surface area contributed by atoms with E-state index in [1.807, 2.05) is 11.0 Å². The maximum Gasteiger partial charge on any atom is 0.173 e. The standard InChI is InChI=1S/C7H7N4/c1-2-8-5-10-7(1)11-4-3-9-6-11/h1-2,5H,3-4H2. The van der Waals surface area contributed by atoms with Gasteiger partial charge in [0.05, 0.1) is 6.54 Å². The van der Waals surface area contributed by atoms with Gasteiger partial charge in [0.25, 0.3) is 0 Å². The fraction of sp³-hybridized carbons (Fsp3) is 0.286. The van der Waals surface area contributed by atoms with Crippen molar-refractivity contribution in [3.8, 4) is 0 Å². The molecule has 0 N–H and O–H groups in total. The van der Waals surface area contributed by atoms with Crippen LogP contribution in [0.15, 0.2) is 23.6 Å². The van der Waals surface area contributed by atoms with E-state index in [1.165, 1.54) is 6.33 Å². The molecule has 4 nitrogen and oxygen atoms in total. The highest BCUT2D eigenvalue weighted by atomic mass is 15.2. The Labute approximate surface area is 64.6 Å². The molecule has 0 spiro atoms. The zero-order valence-electron chi connectivity index (χ0n) is 5.94. The third kappa shape index (κ3) is 1.19. The number of aromatic nitrogens is 2. The van der Waals surface area contributed by atoms with Crippen molar-refractivity contribution in [2.75, 3.05) is 18.0 Å². The molecule has 1 aromatic rings. The van der Waals surface area contributed by atoms with Crippen molar-refractivity contribution < 1.29 is 0 Å². The van der Waals surface area contributed by atoms with Crippen LogP contribution in [-0.2, 0) is 0 Å². The van der Waals surface area contributed by atoms with E-state index in [0.717, 1.165) is 18.9 Å². The lowest BCUT2D eigenvalue weighted by Gasteiger charge is -2.09. The third-order valence-corrected chi connectivity index (χ3v) is 1.47. The van der Waals surface area contributed by atoms with E-state index in [-0.39, 0.29) is 0 Å². The van der Waals surface area contributed by atoms with Crippen molar-refractivity contribution in [1.29, 1.82) is 0 Å². The molecule has 4 heteroatoms. The summed E-state index contributed by atoms with van der Waals surface area (Å²) in [5.41, 5.74) is 0. The Balaban J connectivity index is 2.23. The average molecular weight is 147 g/mol. The number of aliphatic imine (C=N–C) groups is 1. The van der Waals surface area contributed by atoms with Crippen LogP contribution in [0.2, 0.25) is 0 Å². The van der Waals surface area contributed by atoms with E-state index in [2.05, 4.69) is 21.3 Å². The molecule has 2 rings (SSSR count). The summed E-state index contributed by atoms with van der Waals surface area (Å²) < 4.78 is 0. The zero-order chi connectivity index (χ0) is 7.52. The van der Waals surface area contributed by atoms with Crippen molar-refractivity contribution in [2.24, 2.45) is 4.99 Å². The molecule has 1 radical (unpaired) electrons. The van der Waals surface area contributed by atoms with E-state index in [1.54, 1.807) is 6.20 Å². The molecule has 0 saturated heterocycles. The summed E-state index contributed by atoms with van der Waals surface area (Å²) >= 11 is 0. The minimum atomic E-state index is 0.810. The third-order valence-electron chi connectivity index (χ3n) is 1.47. The quantitative estimate of drug-likeness (QED) is 0.570. The number of rotatable bonds is 1. The van der Waals surface area contributed by atoms with E-state index < -0.39 is 0 Å². The molecule has 1 aliphatic rings. The molecule has 55 valence electrons. The lowest BCUT2D eigenvalue weighted by molar-refractivity contribution is 0.991. The predicted molar refractivity (Wildman–Crippen MR) is 41.7 cm³/mol.